The minimum Gasteiger partial charge on any atom is -0.375 e. The number of rotatable bonds is 3. The van der Waals surface area contributed by atoms with E-state index in [1.807, 2.05) is 23.2 Å². The van der Waals surface area contributed by atoms with Gasteiger partial charge in [-0.15, -0.1) is 11.8 Å². The summed E-state index contributed by atoms with van der Waals surface area (Å²) in [4.78, 5) is 17.7. The van der Waals surface area contributed by atoms with E-state index in [-0.39, 0.29) is 17.9 Å². The van der Waals surface area contributed by atoms with E-state index in [2.05, 4.69) is 4.98 Å². The van der Waals surface area contributed by atoms with Gasteiger partial charge >= 0.3 is 0 Å². The fourth-order valence-electron chi connectivity index (χ4n) is 1.73. The smallest absolute Gasteiger partial charge is 0.249 e. The Kier molecular flexibility index (Phi) is 3.79. The summed E-state index contributed by atoms with van der Waals surface area (Å²) >= 11 is 1.77. The van der Waals surface area contributed by atoms with Crippen LogP contribution in [0.3, 0.4) is 0 Å². The third-order valence-corrected chi connectivity index (χ3v) is 3.71. The standard InChI is InChI=1S/C11H14N2O2S/c1-15-8-10(14)13-5-6-16-11(13)9-3-2-4-12-7-9/h2-4,7,11H,5-6,8H2,1H3. The third-order valence-electron chi connectivity index (χ3n) is 2.45. The Morgan fingerprint density at radius 1 is 1.75 bits per heavy atom. The Hall–Kier alpha value is -1.07. The van der Waals surface area contributed by atoms with Crippen LogP contribution in [0.4, 0.5) is 0 Å². The second-order valence-electron chi connectivity index (χ2n) is 3.53. The first-order valence-electron chi connectivity index (χ1n) is 5.13. The molecule has 1 unspecified atom stereocenters. The molecule has 2 heterocycles. The van der Waals surface area contributed by atoms with Crippen LogP contribution in [0.2, 0.25) is 0 Å². The largest absolute Gasteiger partial charge is 0.375 e. The van der Waals surface area contributed by atoms with E-state index in [0.29, 0.717) is 0 Å². The minimum atomic E-state index is 0.0429. The van der Waals surface area contributed by atoms with Crippen molar-refractivity contribution < 1.29 is 9.53 Å². The Morgan fingerprint density at radius 2 is 2.62 bits per heavy atom. The van der Waals surface area contributed by atoms with Gasteiger partial charge < -0.3 is 9.64 Å². The number of ether oxygens (including phenoxy) is 1. The van der Waals surface area contributed by atoms with Crippen molar-refractivity contribution in [1.29, 1.82) is 0 Å². The molecule has 1 saturated heterocycles. The molecule has 5 heteroatoms. The van der Waals surface area contributed by atoms with Crippen LogP contribution < -0.4 is 0 Å². The average molecular weight is 238 g/mol. The summed E-state index contributed by atoms with van der Waals surface area (Å²) in [6.07, 6.45) is 3.56. The van der Waals surface area contributed by atoms with Crippen LogP contribution >= 0.6 is 11.8 Å². The molecule has 2 rings (SSSR count). The first-order valence-corrected chi connectivity index (χ1v) is 6.17. The number of pyridine rings is 1. The zero-order valence-electron chi connectivity index (χ0n) is 9.13. The number of methoxy groups -OCH3 is 1. The number of amides is 1. The zero-order valence-corrected chi connectivity index (χ0v) is 9.94. The first kappa shape index (κ1) is 11.4. The van der Waals surface area contributed by atoms with Crippen LogP contribution in [0, 0.1) is 0 Å². The molecule has 0 N–H and O–H groups in total. The molecule has 1 aliphatic heterocycles. The van der Waals surface area contributed by atoms with Crippen molar-refractivity contribution in [2.75, 3.05) is 26.0 Å². The molecular formula is C11H14N2O2S. The van der Waals surface area contributed by atoms with E-state index in [9.17, 15) is 4.79 Å². The second kappa shape index (κ2) is 5.32. The lowest BCUT2D eigenvalue weighted by Gasteiger charge is -2.23. The normalized spacial score (nSPS) is 20.1. The lowest BCUT2D eigenvalue weighted by molar-refractivity contribution is -0.135. The predicted molar refractivity (Wildman–Crippen MR) is 63.0 cm³/mol. The molecule has 0 aliphatic carbocycles. The molecule has 1 amide bonds. The molecule has 1 aromatic heterocycles. The highest BCUT2D eigenvalue weighted by Gasteiger charge is 2.30. The summed E-state index contributed by atoms with van der Waals surface area (Å²) in [6, 6.07) is 3.90. The highest BCUT2D eigenvalue weighted by atomic mass is 32.2. The molecule has 1 aliphatic rings. The van der Waals surface area contributed by atoms with Crippen molar-refractivity contribution >= 4 is 17.7 Å². The number of hydrogen-bond acceptors (Lipinski definition) is 4. The summed E-state index contributed by atoms with van der Waals surface area (Å²) in [5, 5.41) is 0.0938. The Labute approximate surface area is 99.0 Å². The van der Waals surface area contributed by atoms with Crippen molar-refractivity contribution in [3.05, 3.63) is 30.1 Å². The summed E-state index contributed by atoms with van der Waals surface area (Å²) < 4.78 is 4.88. The van der Waals surface area contributed by atoms with Gasteiger partial charge in [0.25, 0.3) is 0 Å². The maximum atomic E-state index is 11.8. The van der Waals surface area contributed by atoms with Crippen LogP contribution in [0.5, 0.6) is 0 Å². The summed E-state index contributed by atoms with van der Waals surface area (Å²) in [5.41, 5.74) is 1.08. The lowest BCUT2D eigenvalue weighted by atomic mass is 10.2. The van der Waals surface area contributed by atoms with Gasteiger partial charge in [-0.1, -0.05) is 6.07 Å². The Bertz CT molecular complexity index is 358. The average Bonchev–Trinajstić information content (AvgIpc) is 2.79. The first-order chi connectivity index (χ1) is 7.83. The number of aromatic nitrogens is 1. The fraction of sp³-hybridized carbons (Fsp3) is 0.455. The Morgan fingerprint density at radius 3 is 3.31 bits per heavy atom. The van der Waals surface area contributed by atoms with E-state index in [0.717, 1.165) is 17.9 Å². The Balaban J connectivity index is 2.12. The molecule has 0 aromatic carbocycles. The van der Waals surface area contributed by atoms with Crippen LogP contribution in [0.25, 0.3) is 0 Å². The maximum Gasteiger partial charge on any atom is 0.249 e. The SMILES string of the molecule is COCC(=O)N1CCSC1c1cccnc1. The van der Waals surface area contributed by atoms with E-state index < -0.39 is 0 Å². The van der Waals surface area contributed by atoms with Gasteiger partial charge in [-0.3, -0.25) is 9.78 Å². The second-order valence-corrected chi connectivity index (χ2v) is 4.72. The van der Waals surface area contributed by atoms with Gasteiger partial charge in [0.1, 0.15) is 12.0 Å². The minimum absolute atomic E-state index is 0.0429. The monoisotopic (exact) mass is 238 g/mol. The van der Waals surface area contributed by atoms with Gasteiger partial charge in [0, 0.05) is 37.4 Å². The molecule has 0 saturated carbocycles. The molecule has 1 aromatic rings. The van der Waals surface area contributed by atoms with Crippen molar-refractivity contribution in [1.82, 2.24) is 9.88 Å². The van der Waals surface area contributed by atoms with Gasteiger partial charge in [-0.25, -0.2) is 0 Å². The topological polar surface area (TPSA) is 42.4 Å². The van der Waals surface area contributed by atoms with E-state index in [1.54, 1.807) is 25.1 Å². The highest BCUT2D eigenvalue weighted by Crippen LogP contribution is 2.37. The van der Waals surface area contributed by atoms with Crippen molar-refractivity contribution in [3.8, 4) is 0 Å². The maximum absolute atomic E-state index is 11.8. The predicted octanol–water partition coefficient (Wildman–Crippen LogP) is 1.30. The van der Waals surface area contributed by atoms with Crippen LogP contribution in [-0.2, 0) is 9.53 Å². The number of thioether (sulfide) groups is 1. The molecule has 4 nitrogen and oxygen atoms in total. The van der Waals surface area contributed by atoms with E-state index in [4.69, 9.17) is 4.74 Å². The van der Waals surface area contributed by atoms with Gasteiger partial charge in [-0.2, -0.15) is 0 Å². The summed E-state index contributed by atoms with van der Waals surface area (Å²) in [6.45, 7) is 0.934. The molecule has 1 fully saturated rings. The molecule has 0 radical (unpaired) electrons. The highest BCUT2D eigenvalue weighted by molar-refractivity contribution is 7.99. The van der Waals surface area contributed by atoms with Crippen molar-refractivity contribution in [2.45, 2.75) is 5.37 Å². The van der Waals surface area contributed by atoms with Crippen molar-refractivity contribution in [2.24, 2.45) is 0 Å². The number of nitrogens with zero attached hydrogens (tertiary/aromatic N) is 2. The number of carbonyl (C=O) groups excluding carboxylic acids is 1. The van der Waals surface area contributed by atoms with E-state index >= 15 is 0 Å². The molecule has 0 spiro atoms. The van der Waals surface area contributed by atoms with Crippen LogP contribution in [-0.4, -0.2) is 41.8 Å². The quantitative estimate of drug-likeness (QED) is 0.796. The van der Waals surface area contributed by atoms with Gasteiger partial charge in [-0.05, 0) is 6.07 Å². The van der Waals surface area contributed by atoms with Gasteiger partial charge in [0.05, 0.1) is 0 Å². The van der Waals surface area contributed by atoms with Crippen LogP contribution in [0.15, 0.2) is 24.5 Å². The van der Waals surface area contributed by atoms with Crippen LogP contribution in [0.1, 0.15) is 10.9 Å². The molecule has 1 atom stereocenters. The zero-order chi connectivity index (χ0) is 11.4. The summed E-state index contributed by atoms with van der Waals surface area (Å²) in [5.74, 6) is 1.01. The lowest BCUT2D eigenvalue weighted by Crippen LogP contribution is -2.33. The fourth-order valence-corrected chi connectivity index (χ4v) is 2.99. The number of carbonyl (C=O) groups is 1. The molecule has 16 heavy (non-hydrogen) atoms. The summed E-state index contributed by atoms with van der Waals surface area (Å²) in [7, 11) is 1.54. The molecule has 86 valence electrons. The van der Waals surface area contributed by atoms with E-state index in [1.165, 1.54) is 0 Å². The molecular weight excluding hydrogens is 224 g/mol. The molecule has 0 bridgehead atoms. The number of hydrogen-bond donors (Lipinski definition) is 0. The third kappa shape index (κ3) is 2.36. The van der Waals surface area contributed by atoms with Gasteiger partial charge in [0.15, 0.2) is 0 Å². The van der Waals surface area contributed by atoms with Crippen molar-refractivity contribution in [3.63, 3.8) is 0 Å². The van der Waals surface area contributed by atoms with Gasteiger partial charge in [0.2, 0.25) is 5.91 Å².